The third-order valence-corrected chi connectivity index (χ3v) is 5.02. The Kier molecular flexibility index (Phi) is 5.37. The van der Waals surface area contributed by atoms with Gasteiger partial charge in [-0.25, -0.2) is 4.98 Å². The molecule has 0 radical (unpaired) electrons. The minimum Gasteiger partial charge on any atom is -0.480 e. The van der Waals surface area contributed by atoms with Crippen LogP contribution in [0, 0.1) is 0 Å². The van der Waals surface area contributed by atoms with Crippen LogP contribution in [-0.2, 0) is 4.79 Å². The molecule has 0 unspecified atom stereocenters. The Hall–Kier alpha value is -2.05. The van der Waals surface area contributed by atoms with Crippen LogP contribution in [0.5, 0.6) is 0 Å². The van der Waals surface area contributed by atoms with Crippen molar-refractivity contribution in [1.82, 2.24) is 9.88 Å². The summed E-state index contributed by atoms with van der Waals surface area (Å²) in [5.74, 6) is 0.160. The highest BCUT2D eigenvalue weighted by Gasteiger charge is 2.30. The third-order valence-electron chi connectivity index (χ3n) is 4.30. The Morgan fingerprint density at radius 1 is 1.17 bits per heavy atom. The van der Waals surface area contributed by atoms with Crippen molar-refractivity contribution in [3.05, 3.63) is 54.2 Å². The van der Waals surface area contributed by atoms with E-state index in [1.165, 1.54) is 0 Å². The maximum absolute atomic E-state index is 11.9. The number of hydrogen-bond donors (Lipinski definition) is 1. The van der Waals surface area contributed by atoms with Crippen molar-refractivity contribution in [2.45, 2.75) is 10.9 Å². The van der Waals surface area contributed by atoms with Crippen molar-refractivity contribution in [2.75, 3.05) is 37.3 Å². The molecule has 0 aliphatic carbocycles. The van der Waals surface area contributed by atoms with Crippen molar-refractivity contribution in [2.24, 2.45) is 0 Å². The lowest BCUT2D eigenvalue weighted by molar-refractivity contribution is -0.143. The Bertz CT molecular complexity index is 688. The second-order valence-electron chi connectivity index (χ2n) is 5.73. The van der Waals surface area contributed by atoms with Gasteiger partial charge in [0.05, 0.1) is 0 Å². The maximum atomic E-state index is 11.9. The molecule has 1 atom stereocenters. The highest BCUT2D eigenvalue weighted by atomic mass is 32.2. The number of carbonyl (C=O) groups is 1. The first kappa shape index (κ1) is 16.8. The number of carboxylic acid groups (broad SMARTS) is 1. The van der Waals surface area contributed by atoms with Gasteiger partial charge in [0.1, 0.15) is 11.9 Å². The van der Waals surface area contributed by atoms with Gasteiger partial charge in [0.15, 0.2) is 0 Å². The number of benzene rings is 1. The lowest BCUT2D eigenvalue weighted by atomic mass is 10.0. The summed E-state index contributed by atoms with van der Waals surface area (Å²) in [5, 5.41) is 9.75. The summed E-state index contributed by atoms with van der Waals surface area (Å²) in [6.07, 6.45) is 3.79. The number of aromatic nitrogens is 1. The Morgan fingerprint density at radius 2 is 1.96 bits per heavy atom. The van der Waals surface area contributed by atoms with Gasteiger partial charge in [-0.1, -0.05) is 18.2 Å². The van der Waals surface area contributed by atoms with E-state index in [0.29, 0.717) is 13.1 Å². The zero-order valence-corrected chi connectivity index (χ0v) is 14.4. The zero-order valence-electron chi connectivity index (χ0n) is 13.6. The van der Waals surface area contributed by atoms with Gasteiger partial charge < -0.3 is 10.0 Å². The summed E-state index contributed by atoms with van der Waals surface area (Å²) >= 11 is 1.63. The van der Waals surface area contributed by atoms with E-state index in [2.05, 4.69) is 9.88 Å². The maximum Gasteiger partial charge on any atom is 0.325 e. The molecule has 1 aliphatic heterocycles. The average Bonchev–Trinajstić information content (AvgIpc) is 2.63. The van der Waals surface area contributed by atoms with Crippen LogP contribution >= 0.6 is 11.8 Å². The van der Waals surface area contributed by atoms with Crippen molar-refractivity contribution in [3.63, 3.8) is 0 Å². The van der Waals surface area contributed by atoms with Crippen LogP contribution in [0.3, 0.4) is 0 Å². The first-order chi connectivity index (χ1) is 11.7. The molecule has 3 rings (SSSR count). The largest absolute Gasteiger partial charge is 0.480 e. The van der Waals surface area contributed by atoms with Gasteiger partial charge in [-0.05, 0) is 36.1 Å². The summed E-state index contributed by atoms with van der Waals surface area (Å²) in [6.45, 7) is 2.97. The number of carboxylic acids is 1. The molecule has 1 aromatic carbocycles. The van der Waals surface area contributed by atoms with Crippen molar-refractivity contribution >= 4 is 23.5 Å². The number of nitrogens with zero attached hydrogens (tertiary/aromatic N) is 3. The quantitative estimate of drug-likeness (QED) is 0.843. The molecule has 1 aromatic heterocycles. The van der Waals surface area contributed by atoms with Gasteiger partial charge in [-0.2, -0.15) is 0 Å². The molecule has 0 bridgehead atoms. The van der Waals surface area contributed by atoms with Crippen molar-refractivity contribution in [3.8, 4) is 0 Å². The van der Waals surface area contributed by atoms with Crippen LogP contribution in [0.1, 0.15) is 11.6 Å². The highest BCUT2D eigenvalue weighted by molar-refractivity contribution is 7.98. The smallest absolute Gasteiger partial charge is 0.325 e. The molecule has 0 spiro atoms. The molecule has 1 N–H and O–H groups in total. The molecule has 126 valence electrons. The van der Waals surface area contributed by atoms with Gasteiger partial charge in [-0.3, -0.25) is 9.69 Å². The van der Waals surface area contributed by atoms with Crippen LogP contribution in [0.25, 0.3) is 0 Å². The Morgan fingerprint density at radius 3 is 2.58 bits per heavy atom. The number of hydrogen-bond acceptors (Lipinski definition) is 5. The fourth-order valence-electron chi connectivity index (χ4n) is 3.07. The Balaban J connectivity index is 1.73. The lowest BCUT2D eigenvalue weighted by Gasteiger charge is -2.38. The standard InChI is InChI=1S/C18H21N3O2S/c1-24-15-6-4-5-14(13-15)17(18(22)23)21-11-9-20(10-12-21)16-7-2-3-8-19-16/h2-8,13,17H,9-12H2,1H3,(H,22,23)/t17-/m0/s1. The molecule has 5 nitrogen and oxygen atoms in total. The molecule has 0 amide bonds. The number of anilines is 1. The van der Waals surface area contributed by atoms with E-state index in [9.17, 15) is 9.90 Å². The van der Waals surface area contributed by atoms with Crippen molar-refractivity contribution < 1.29 is 9.90 Å². The molecular formula is C18H21N3O2S. The molecule has 0 saturated carbocycles. The molecule has 2 aromatic rings. The minimum absolute atomic E-state index is 0.594. The van der Waals surface area contributed by atoms with E-state index < -0.39 is 12.0 Å². The van der Waals surface area contributed by atoms with Gasteiger partial charge >= 0.3 is 5.97 Å². The highest BCUT2D eigenvalue weighted by Crippen LogP contribution is 2.27. The fraction of sp³-hybridized carbons (Fsp3) is 0.333. The van der Waals surface area contributed by atoms with Gasteiger partial charge in [0.2, 0.25) is 0 Å². The minimum atomic E-state index is -0.792. The fourth-order valence-corrected chi connectivity index (χ4v) is 3.54. The predicted molar refractivity (Wildman–Crippen MR) is 96.6 cm³/mol. The van der Waals surface area contributed by atoms with E-state index in [4.69, 9.17) is 0 Å². The summed E-state index contributed by atoms with van der Waals surface area (Å²) in [7, 11) is 0. The van der Waals surface area contributed by atoms with E-state index in [0.717, 1.165) is 29.4 Å². The molecular weight excluding hydrogens is 322 g/mol. The first-order valence-corrected chi connectivity index (χ1v) is 9.18. The normalized spacial score (nSPS) is 16.8. The van der Waals surface area contributed by atoms with Gasteiger partial charge in [-0.15, -0.1) is 11.8 Å². The van der Waals surface area contributed by atoms with Crippen LogP contribution in [0.15, 0.2) is 53.6 Å². The van der Waals surface area contributed by atoms with Crippen LogP contribution in [0.2, 0.25) is 0 Å². The molecule has 2 heterocycles. The number of rotatable bonds is 5. The molecule has 1 aliphatic rings. The van der Waals surface area contributed by atoms with E-state index >= 15 is 0 Å². The van der Waals surface area contributed by atoms with E-state index in [1.54, 1.807) is 18.0 Å². The molecule has 1 saturated heterocycles. The number of aliphatic carboxylic acids is 1. The second-order valence-corrected chi connectivity index (χ2v) is 6.61. The van der Waals surface area contributed by atoms with Crippen LogP contribution < -0.4 is 4.90 Å². The molecule has 24 heavy (non-hydrogen) atoms. The van der Waals surface area contributed by atoms with Crippen LogP contribution in [0.4, 0.5) is 5.82 Å². The predicted octanol–water partition coefficient (Wildman–Crippen LogP) is 2.75. The van der Waals surface area contributed by atoms with Crippen LogP contribution in [-0.4, -0.2) is 53.4 Å². The lowest BCUT2D eigenvalue weighted by Crippen LogP contribution is -2.49. The molecule has 6 heteroatoms. The topological polar surface area (TPSA) is 56.7 Å². The third kappa shape index (κ3) is 3.71. The Labute approximate surface area is 146 Å². The summed E-state index contributed by atoms with van der Waals surface area (Å²) < 4.78 is 0. The van der Waals surface area contributed by atoms with Gasteiger partial charge in [0, 0.05) is 37.3 Å². The summed E-state index contributed by atoms with van der Waals surface area (Å²) in [5.41, 5.74) is 0.848. The van der Waals surface area contributed by atoms with E-state index in [-0.39, 0.29) is 0 Å². The monoisotopic (exact) mass is 343 g/mol. The summed E-state index contributed by atoms with van der Waals surface area (Å²) in [4.78, 5) is 21.6. The van der Waals surface area contributed by atoms with Gasteiger partial charge in [0.25, 0.3) is 0 Å². The number of pyridine rings is 1. The van der Waals surface area contributed by atoms with E-state index in [1.807, 2.05) is 53.6 Å². The van der Waals surface area contributed by atoms with Crippen molar-refractivity contribution in [1.29, 1.82) is 0 Å². The number of piperazine rings is 1. The summed E-state index contributed by atoms with van der Waals surface area (Å²) in [6, 6.07) is 13.1. The average molecular weight is 343 g/mol. The zero-order chi connectivity index (χ0) is 16.9. The second kappa shape index (κ2) is 7.68. The first-order valence-electron chi connectivity index (χ1n) is 7.96. The SMILES string of the molecule is CSc1cccc([C@@H](C(=O)O)N2CCN(c3ccccn3)CC2)c1. The number of thioether (sulfide) groups is 1. The molecule has 1 fully saturated rings.